The summed E-state index contributed by atoms with van der Waals surface area (Å²) in [5.41, 5.74) is 1.55. The predicted octanol–water partition coefficient (Wildman–Crippen LogP) is 4.84. The van der Waals surface area contributed by atoms with Gasteiger partial charge in [0, 0.05) is 23.8 Å². The number of fused-ring (bicyclic) bond motifs is 1. The van der Waals surface area contributed by atoms with E-state index >= 15 is 0 Å². The van der Waals surface area contributed by atoms with Gasteiger partial charge in [-0.25, -0.2) is 8.42 Å². The Morgan fingerprint density at radius 3 is 2.60 bits per heavy atom. The van der Waals surface area contributed by atoms with Gasteiger partial charge in [-0.2, -0.15) is 4.31 Å². The van der Waals surface area contributed by atoms with Gasteiger partial charge in [0.25, 0.3) is 0 Å². The van der Waals surface area contributed by atoms with Crippen LogP contribution in [0.25, 0.3) is 10.8 Å². The molecule has 0 radical (unpaired) electrons. The highest BCUT2D eigenvalue weighted by Gasteiger charge is 2.33. The van der Waals surface area contributed by atoms with E-state index in [1.807, 2.05) is 43.3 Å². The van der Waals surface area contributed by atoms with Gasteiger partial charge in [-0.15, -0.1) is 0 Å². The fourth-order valence-corrected chi connectivity index (χ4v) is 5.51. The van der Waals surface area contributed by atoms with Crippen LogP contribution in [0.3, 0.4) is 0 Å². The molecule has 0 aromatic heterocycles. The van der Waals surface area contributed by atoms with E-state index in [1.54, 1.807) is 24.3 Å². The summed E-state index contributed by atoms with van der Waals surface area (Å²) in [7, 11) is -3.67. The lowest BCUT2D eigenvalue weighted by atomic mass is 9.98. The quantitative estimate of drug-likeness (QED) is 0.628. The van der Waals surface area contributed by atoms with E-state index in [-0.39, 0.29) is 17.3 Å². The number of hydrogen-bond acceptors (Lipinski definition) is 3. The molecule has 1 N–H and O–H groups in total. The molecule has 1 atom stereocenters. The summed E-state index contributed by atoms with van der Waals surface area (Å²) >= 11 is 6.14. The van der Waals surface area contributed by atoms with E-state index in [4.69, 9.17) is 11.6 Å². The zero-order valence-corrected chi connectivity index (χ0v) is 18.2. The molecule has 4 rings (SSSR count). The van der Waals surface area contributed by atoms with Gasteiger partial charge in [0.05, 0.1) is 10.8 Å². The molecule has 3 aromatic carbocycles. The highest BCUT2D eigenvalue weighted by molar-refractivity contribution is 7.89. The largest absolute Gasteiger partial charge is 0.326 e. The first-order chi connectivity index (χ1) is 14.3. The lowest BCUT2D eigenvalue weighted by Crippen LogP contribution is -2.43. The maximum absolute atomic E-state index is 13.2. The van der Waals surface area contributed by atoms with Crippen LogP contribution < -0.4 is 5.32 Å². The van der Waals surface area contributed by atoms with Gasteiger partial charge in [0.2, 0.25) is 15.9 Å². The van der Waals surface area contributed by atoms with Gasteiger partial charge in [-0.3, -0.25) is 4.79 Å². The molecule has 0 aliphatic carbocycles. The molecule has 0 bridgehead atoms. The van der Waals surface area contributed by atoms with Gasteiger partial charge < -0.3 is 5.32 Å². The Balaban J connectivity index is 1.51. The Morgan fingerprint density at radius 1 is 1.07 bits per heavy atom. The third-order valence-corrected chi connectivity index (χ3v) is 7.82. The fourth-order valence-electron chi connectivity index (χ4n) is 3.77. The number of nitrogens with one attached hydrogen (secondary N) is 1. The minimum atomic E-state index is -3.67. The highest BCUT2D eigenvalue weighted by Crippen LogP contribution is 2.27. The summed E-state index contributed by atoms with van der Waals surface area (Å²) in [6, 6.07) is 18.2. The molecule has 1 aliphatic rings. The highest BCUT2D eigenvalue weighted by atomic mass is 35.5. The van der Waals surface area contributed by atoms with Gasteiger partial charge in [-0.1, -0.05) is 48.0 Å². The molecule has 156 valence electrons. The number of halogens is 1. The van der Waals surface area contributed by atoms with E-state index < -0.39 is 15.9 Å². The first-order valence-electron chi connectivity index (χ1n) is 9.90. The van der Waals surface area contributed by atoms with Crippen LogP contribution in [0.1, 0.15) is 18.4 Å². The predicted molar refractivity (Wildman–Crippen MR) is 120 cm³/mol. The molecular formula is C23H23ClN2O3S. The second kappa shape index (κ2) is 8.38. The van der Waals surface area contributed by atoms with Crippen molar-refractivity contribution in [2.45, 2.75) is 24.7 Å². The Labute approximate surface area is 181 Å². The van der Waals surface area contributed by atoms with Crippen molar-refractivity contribution in [3.05, 3.63) is 71.2 Å². The van der Waals surface area contributed by atoms with Crippen LogP contribution in [0.4, 0.5) is 5.69 Å². The molecule has 1 heterocycles. The van der Waals surface area contributed by atoms with Crippen LogP contribution in [0.15, 0.2) is 65.6 Å². The van der Waals surface area contributed by atoms with Gasteiger partial charge in [0.1, 0.15) is 0 Å². The maximum Gasteiger partial charge on any atom is 0.243 e. The zero-order chi connectivity index (χ0) is 21.3. The molecule has 1 aliphatic heterocycles. The van der Waals surface area contributed by atoms with E-state index in [0.717, 1.165) is 16.3 Å². The Hall–Kier alpha value is -2.41. The summed E-state index contributed by atoms with van der Waals surface area (Å²) in [6.07, 6.45) is 1.29. The lowest BCUT2D eigenvalue weighted by molar-refractivity contribution is -0.120. The SMILES string of the molecule is Cc1ccc(NC(=O)[C@H]2CCCN(S(=O)(=O)c3ccc4ccccc4c3)C2)cc1Cl. The Morgan fingerprint density at radius 2 is 1.83 bits per heavy atom. The van der Waals surface area contributed by atoms with Crippen molar-refractivity contribution in [2.75, 3.05) is 18.4 Å². The maximum atomic E-state index is 13.2. The number of hydrogen-bond donors (Lipinski definition) is 1. The van der Waals surface area contributed by atoms with Crippen molar-refractivity contribution >= 4 is 44.0 Å². The first kappa shape index (κ1) is 20.8. The number of aryl methyl sites for hydroxylation is 1. The summed E-state index contributed by atoms with van der Waals surface area (Å²) in [6.45, 7) is 2.47. The summed E-state index contributed by atoms with van der Waals surface area (Å²) in [4.78, 5) is 13.0. The molecule has 1 amide bonds. The average molecular weight is 443 g/mol. The van der Waals surface area contributed by atoms with Crippen LogP contribution in [0.2, 0.25) is 5.02 Å². The van der Waals surface area contributed by atoms with E-state index in [9.17, 15) is 13.2 Å². The number of carbonyl (C=O) groups excluding carboxylic acids is 1. The number of anilines is 1. The normalized spacial score (nSPS) is 17.7. The van der Waals surface area contributed by atoms with Crippen LogP contribution in [0, 0.1) is 12.8 Å². The Kier molecular flexibility index (Phi) is 5.82. The number of benzene rings is 3. The van der Waals surface area contributed by atoms with Crippen molar-refractivity contribution in [2.24, 2.45) is 5.92 Å². The number of sulfonamides is 1. The molecule has 7 heteroatoms. The number of amides is 1. The molecule has 0 spiro atoms. The number of nitrogens with zero attached hydrogens (tertiary/aromatic N) is 1. The topological polar surface area (TPSA) is 66.5 Å². The van der Waals surface area contributed by atoms with E-state index in [0.29, 0.717) is 30.1 Å². The second-order valence-electron chi connectivity index (χ2n) is 7.66. The monoisotopic (exact) mass is 442 g/mol. The van der Waals surface area contributed by atoms with Crippen molar-refractivity contribution in [3.8, 4) is 0 Å². The standard InChI is InChI=1S/C23H23ClN2O3S/c1-16-8-10-20(14-22(16)24)25-23(27)19-7-4-12-26(15-19)30(28,29)21-11-9-17-5-2-3-6-18(17)13-21/h2-3,5-6,8-11,13-14,19H,4,7,12,15H2,1H3,(H,25,27)/t19-/m0/s1. The molecular weight excluding hydrogens is 420 g/mol. The van der Waals surface area contributed by atoms with Crippen molar-refractivity contribution < 1.29 is 13.2 Å². The van der Waals surface area contributed by atoms with Crippen molar-refractivity contribution in [3.63, 3.8) is 0 Å². The smallest absolute Gasteiger partial charge is 0.243 e. The molecule has 3 aromatic rings. The van der Waals surface area contributed by atoms with Crippen LogP contribution in [-0.2, 0) is 14.8 Å². The fraction of sp³-hybridized carbons (Fsp3) is 0.261. The first-order valence-corrected chi connectivity index (χ1v) is 11.7. The van der Waals surface area contributed by atoms with Crippen LogP contribution in [-0.4, -0.2) is 31.7 Å². The van der Waals surface area contributed by atoms with Gasteiger partial charge in [-0.05, 0) is 60.4 Å². The minimum Gasteiger partial charge on any atom is -0.326 e. The number of rotatable bonds is 4. The lowest BCUT2D eigenvalue weighted by Gasteiger charge is -2.31. The summed E-state index contributed by atoms with van der Waals surface area (Å²) in [5.74, 6) is -0.595. The van der Waals surface area contributed by atoms with E-state index in [1.165, 1.54) is 4.31 Å². The molecule has 1 saturated heterocycles. The number of piperidine rings is 1. The average Bonchev–Trinajstić information content (AvgIpc) is 2.76. The molecule has 5 nitrogen and oxygen atoms in total. The van der Waals surface area contributed by atoms with Crippen LogP contribution >= 0.6 is 11.6 Å². The van der Waals surface area contributed by atoms with Crippen LogP contribution in [0.5, 0.6) is 0 Å². The third kappa shape index (κ3) is 4.21. The van der Waals surface area contributed by atoms with E-state index in [2.05, 4.69) is 5.32 Å². The molecule has 0 unspecified atom stereocenters. The van der Waals surface area contributed by atoms with Gasteiger partial charge in [0.15, 0.2) is 0 Å². The molecule has 1 fully saturated rings. The van der Waals surface area contributed by atoms with Crippen molar-refractivity contribution in [1.82, 2.24) is 4.31 Å². The molecule has 0 saturated carbocycles. The second-order valence-corrected chi connectivity index (χ2v) is 10.0. The summed E-state index contributed by atoms with van der Waals surface area (Å²) < 4.78 is 27.9. The zero-order valence-electron chi connectivity index (χ0n) is 16.6. The van der Waals surface area contributed by atoms with Gasteiger partial charge >= 0.3 is 0 Å². The summed E-state index contributed by atoms with van der Waals surface area (Å²) in [5, 5.41) is 5.32. The Bertz CT molecular complexity index is 1210. The number of carbonyl (C=O) groups is 1. The van der Waals surface area contributed by atoms with Crippen molar-refractivity contribution in [1.29, 1.82) is 0 Å². The third-order valence-electron chi connectivity index (χ3n) is 5.55. The molecule has 30 heavy (non-hydrogen) atoms. The minimum absolute atomic E-state index is 0.167.